The standard InChI is InChI=1S/C25H24N2O6/c1-14-20(16-5-3-4-6-17(16)26-14)22-21(24(29)25(30)27(22)9-10-31-2)23(28)15-7-8-18-19(13-15)33-12-11-32-18/h3-8,13,22,26,28H,9-12H2,1-2H3/b23-21+. The molecule has 8 heteroatoms. The number of nitrogens with zero attached hydrogens (tertiary/aromatic N) is 1. The molecule has 1 saturated heterocycles. The molecule has 3 heterocycles. The smallest absolute Gasteiger partial charge is 0.295 e. The van der Waals surface area contributed by atoms with Crippen molar-refractivity contribution < 1.29 is 28.9 Å². The first kappa shape index (κ1) is 21.1. The van der Waals surface area contributed by atoms with E-state index in [1.54, 1.807) is 18.2 Å². The van der Waals surface area contributed by atoms with Crippen LogP contribution in [0.25, 0.3) is 16.7 Å². The molecule has 0 saturated carbocycles. The first-order valence-corrected chi connectivity index (χ1v) is 10.8. The highest BCUT2D eigenvalue weighted by Crippen LogP contribution is 2.44. The van der Waals surface area contributed by atoms with Crippen LogP contribution >= 0.6 is 0 Å². The summed E-state index contributed by atoms with van der Waals surface area (Å²) < 4.78 is 16.4. The average Bonchev–Trinajstić information content (AvgIpc) is 3.29. The third-order valence-corrected chi connectivity index (χ3v) is 6.11. The molecule has 1 atom stereocenters. The van der Waals surface area contributed by atoms with Crippen molar-refractivity contribution in [3.63, 3.8) is 0 Å². The number of methoxy groups -OCH3 is 1. The van der Waals surface area contributed by atoms with Crippen LogP contribution in [0, 0.1) is 6.92 Å². The number of carbonyl (C=O) groups excluding carboxylic acids is 2. The lowest BCUT2D eigenvalue weighted by atomic mass is 9.93. The van der Waals surface area contributed by atoms with E-state index in [1.165, 1.54) is 12.0 Å². The molecule has 1 fully saturated rings. The number of aliphatic hydroxyl groups is 1. The number of para-hydroxylation sites is 1. The number of ether oxygens (including phenoxy) is 3. The van der Waals surface area contributed by atoms with Crippen LogP contribution < -0.4 is 9.47 Å². The molecule has 170 valence electrons. The number of likely N-dealkylation sites (tertiary alicyclic amines) is 1. The molecule has 1 unspecified atom stereocenters. The predicted molar refractivity (Wildman–Crippen MR) is 121 cm³/mol. The van der Waals surface area contributed by atoms with Crippen molar-refractivity contribution in [2.45, 2.75) is 13.0 Å². The minimum Gasteiger partial charge on any atom is -0.507 e. The van der Waals surface area contributed by atoms with Gasteiger partial charge in [-0.3, -0.25) is 9.59 Å². The van der Waals surface area contributed by atoms with E-state index < -0.39 is 17.7 Å². The largest absolute Gasteiger partial charge is 0.507 e. The van der Waals surface area contributed by atoms with Gasteiger partial charge in [0.2, 0.25) is 0 Å². The van der Waals surface area contributed by atoms with Gasteiger partial charge in [0.25, 0.3) is 11.7 Å². The summed E-state index contributed by atoms with van der Waals surface area (Å²) in [4.78, 5) is 31.1. The van der Waals surface area contributed by atoms with Crippen molar-refractivity contribution >= 4 is 28.4 Å². The van der Waals surface area contributed by atoms with E-state index in [1.807, 2.05) is 31.2 Å². The number of aliphatic hydroxyl groups excluding tert-OH is 1. The maximum Gasteiger partial charge on any atom is 0.295 e. The number of Topliss-reactive ketones (excluding diaryl/α,β-unsaturated/α-hetero) is 1. The maximum absolute atomic E-state index is 13.2. The monoisotopic (exact) mass is 448 g/mol. The normalized spacial score (nSPS) is 19.5. The molecule has 0 bridgehead atoms. The summed E-state index contributed by atoms with van der Waals surface area (Å²) in [5.41, 5.74) is 2.91. The number of benzene rings is 2. The maximum atomic E-state index is 13.2. The molecule has 2 N–H and O–H groups in total. The zero-order valence-electron chi connectivity index (χ0n) is 18.4. The van der Waals surface area contributed by atoms with Crippen LogP contribution in [0.1, 0.15) is 22.9 Å². The Labute approximate surface area is 190 Å². The molecular weight excluding hydrogens is 424 g/mol. The first-order chi connectivity index (χ1) is 16.0. The highest BCUT2D eigenvalue weighted by molar-refractivity contribution is 6.46. The fraction of sp³-hybridized carbons (Fsp3) is 0.280. The number of aromatic amines is 1. The third-order valence-electron chi connectivity index (χ3n) is 6.11. The number of ketones is 1. The van der Waals surface area contributed by atoms with Gasteiger partial charge in [0, 0.05) is 41.4 Å². The van der Waals surface area contributed by atoms with E-state index >= 15 is 0 Å². The Hall–Kier alpha value is -3.78. The summed E-state index contributed by atoms with van der Waals surface area (Å²) in [7, 11) is 1.54. The van der Waals surface area contributed by atoms with Crippen molar-refractivity contribution in [3.8, 4) is 11.5 Å². The van der Waals surface area contributed by atoms with Gasteiger partial charge < -0.3 is 29.2 Å². The van der Waals surface area contributed by atoms with E-state index in [0.29, 0.717) is 30.3 Å². The molecule has 3 aromatic rings. The quantitative estimate of drug-likeness (QED) is 0.353. The number of rotatable bonds is 5. The molecule has 2 aliphatic heterocycles. The summed E-state index contributed by atoms with van der Waals surface area (Å²) in [5.74, 6) is -0.588. The second kappa shape index (κ2) is 8.29. The number of aromatic nitrogens is 1. The summed E-state index contributed by atoms with van der Waals surface area (Å²) in [5, 5.41) is 12.2. The molecule has 5 rings (SSSR count). The van der Waals surface area contributed by atoms with Crippen LogP contribution in [-0.4, -0.2) is 60.2 Å². The Kier molecular flexibility index (Phi) is 5.30. The number of aryl methyl sites for hydroxylation is 1. The number of amides is 1. The molecule has 2 aromatic carbocycles. The lowest BCUT2D eigenvalue weighted by Gasteiger charge is -2.25. The van der Waals surface area contributed by atoms with Crippen LogP contribution in [-0.2, 0) is 14.3 Å². The Bertz CT molecular complexity index is 1290. The summed E-state index contributed by atoms with van der Waals surface area (Å²) >= 11 is 0. The van der Waals surface area contributed by atoms with Gasteiger partial charge in [0.15, 0.2) is 11.5 Å². The minimum absolute atomic E-state index is 0.0423. The second-order valence-corrected chi connectivity index (χ2v) is 8.05. The number of hydrogen-bond acceptors (Lipinski definition) is 6. The van der Waals surface area contributed by atoms with Crippen LogP contribution in [0.5, 0.6) is 11.5 Å². The number of fused-ring (bicyclic) bond motifs is 2. The molecule has 1 aromatic heterocycles. The Balaban J connectivity index is 1.71. The molecule has 0 spiro atoms. The van der Waals surface area contributed by atoms with Crippen molar-refractivity contribution in [1.29, 1.82) is 0 Å². The Morgan fingerprint density at radius 1 is 1.15 bits per heavy atom. The number of hydrogen-bond donors (Lipinski definition) is 2. The van der Waals surface area contributed by atoms with Gasteiger partial charge >= 0.3 is 0 Å². The highest BCUT2D eigenvalue weighted by atomic mass is 16.6. The summed E-state index contributed by atoms with van der Waals surface area (Å²) in [6.45, 7) is 3.21. The molecule has 0 radical (unpaired) electrons. The van der Waals surface area contributed by atoms with Gasteiger partial charge in [0.1, 0.15) is 19.0 Å². The van der Waals surface area contributed by atoms with Crippen molar-refractivity contribution in [1.82, 2.24) is 9.88 Å². The average molecular weight is 448 g/mol. The molecule has 33 heavy (non-hydrogen) atoms. The van der Waals surface area contributed by atoms with E-state index in [4.69, 9.17) is 14.2 Å². The fourth-order valence-electron chi connectivity index (χ4n) is 4.60. The predicted octanol–water partition coefficient (Wildman–Crippen LogP) is 3.32. The zero-order chi connectivity index (χ0) is 23.1. The van der Waals surface area contributed by atoms with E-state index in [0.717, 1.165) is 22.2 Å². The number of carbonyl (C=O) groups is 2. The Morgan fingerprint density at radius 3 is 2.70 bits per heavy atom. The van der Waals surface area contributed by atoms with Crippen molar-refractivity contribution in [3.05, 3.63) is 64.9 Å². The van der Waals surface area contributed by atoms with Crippen LogP contribution in [0.4, 0.5) is 0 Å². The summed E-state index contributed by atoms with van der Waals surface area (Å²) in [6.07, 6.45) is 0. The van der Waals surface area contributed by atoms with Gasteiger partial charge in [-0.1, -0.05) is 18.2 Å². The van der Waals surface area contributed by atoms with Gasteiger partial charge in [-0.05, 0) is 31.2 Å². The van der Waals surface area contributed by atoms with Gasteiger partial charge in [-0.25, -0.2) is 0 Å². The van der Waals surface area contributed by atoms with Crippen molar-refractivity contribution in [2.75, 3.05) is 33.5 Å². The Morgan fingerprint density at radius 2 is 1.91 bits per heavy atom. The first-order valence-electron chi connectivity index (χ1n) is 10.8. The minimum atomic E-state index is -0.760. The van der Waals surface area contributed by atoms with E-state index in [9.17, 15) is 14.7 Å². The SMILES string of the molecule is COCCN1C(=O)C(=O)/C(=C(/O)c2ccc3c(c2)OCCO3)C1c1c(C)[nH]c2ccccc12. The third kappa shape index (κ3) is 3.43. The highest BCUT2D eigenvalue weighted by Gasteiger charge is 2.47. The second-order valence-electron chi connectivity index (χ2n) is 8.05. The molecular formula is C25H24N2O6. The number of nitrogens with one attached hydrogen (secondary N) is 1. The lowest BCUT2D eigenvalue weighted by Crippen LogP contribution is -2.32. The molecule has 0 aliphatic carbocycles. The number of H-pyrrole nitrogens is 1. The van der Waals surface area contributed by atoms with E-state index in [-0.39, 0.29) is 24.5 Å². The molecule has 2 aliphatic rings. The lowest BCUT2D eigenvalue weighted by molar-refractivity contribution is -0.140. The topological polar surface area (TPSA) is 101 Å². The zero-order valence-corrected chi connectivity index (χ0v) is 18.4. The van der Waals surface area contributed by atoms with Crippen molar-refractivity contribution in [2.24, 2.45) is 0 Å². The van der Waals surface area contributed by atoms with Crippen LogP contribution in [0.2, 0.25) is 0 Å². The molecule has 1 amide bonds. The van der Waals surface area contributed by atoms with Gasteiger partial charge in [-0.2, -0.15) is 0 Å². The van der Waals surface area contributed by atoms with Gasteiger partial charge in [-0.15, -0.1) is 0 Å². The fourth-order valence-corrected chi connectivity index (χ4v) is 4.60. The van der Waals surface area contributed by atoms with Crippen LogP contribution in [0.15, 0.2) is 48.0 Å². The van der Waals surface area contributed by atoms with Crippen LogP contribution in [0.3, 0.4) is 0 Å². The van der Waals surface area contributed by atoms with E-state index in [2.05, 4.69) is 4.98 Å². The van der Waals surface area contributed by atoms with Gasteiger partial charge in [0.05, 0.1) is 18.2 Å². The summed E-state index contributed by atoms with van der Waals surface area (Å²) in [6, 6.07) is 11.9. The molecule has 8 nitrogen and oxygen atoms in total.